The lowest BCUT2D eigenvalue weighted by molar-refractivity contribution is 0.627. The molecule has 0 amide bonds. The topological polar surface area (TPSA) is 12.4 Å². The van der Waals surface area contributed by atoms with Crippen molar-refractivity contribution < 1.29 is 4.39 Å². The van der Waals surface area contributed by atoms with Gasteiger partial charge in [0.1, 0.15) is 11.0 Å². The molecule has 72 valence electrons. The summed E-state index contributed by atoms with van der Waals surface area (Å²) in [7, 11) is 0. The second-order valence-corrected chi connectivity index (χ2v) is 4.01. The second-order valence-electron chi connectivity index (χ2n) is 3.18. The molecule has 4 heteroatoms. The minimum atomic E-state index is -0.300. The van der Waals surface area contributed by atoms with Gasteiger partial charge in [0, 0.05) is 16.3 Å². The Morgan fingerprint density at radius 1 is 1.50 bits per heavy atom. The average Bonchev–Trinajstić information content (AvgIpc) is 2.16. The molecule has 14 heavy (non-hydrogen) atoms. The van der Waals surface area contributed by atoms with E-state index in [-0.39, 0.29) is 11.7 Å². The van der Waals surface area contributed by atoms with Crippen molar-refractivity contribution in [3.63, 3.8) is 0 Å². The standard InChI is InChI=1S/C10H7ClFNS/c1-5-9(14)7-4-6(12)2-3-8(7)13-10(5)11/h2-5H,1H3. The summed E-state index contributed by atoms with van der Waals surface area (Å²) in [6.45, 7) is 1.86. The molecule has 0 bridgehead atoms. The van der Waals surface area contributed by atoms with Crippen LogP contribution in [0.5, 0.6) is 0 Å². The third kappa shape index (κ3) is 1.47. The number of hydrogen-bond acceptors (Lipinski definition) is 2. The maximum absolute atomic E-state index is 13.0. The van der Waals surface area contributed by atoms with Gasteiger partial charge in [0.25, 0.3) is 0 Å². The Kier molecular flexibility index (Phi) is 2.37. The van der Waals surface area contributed by atoms with Crippen molar-refractivity contribution in [2.45, 2.75) is 6.92 Å². The van der Waals surface area contributed by atoms with Gasteiger partial charge in [-0.05, 0) is 18.2 Å². The summed E-state index contributed by atoms with van der Waals surface area (Å²) in [6.07, 6.45) is 0. The van der Waals surface area contributed by atoms with E-state index >= 15 is 0 Å². The highest BCUT2D eigenvalue weighted by Gasteiger charge is 2.23. The van der Waals surface area contributed by atoms with Crippen LogP contribution in [0.4, 0.5) is 10.1 Å². The summed E-state index contributed by atoms with van der Waals surface area (Å²) >= 11 is 11.1. The Balaban J connectivity index is 2.64. The monoisotopic (exact) mass is 227 g/mol. The quantitative estimate of drug-likeness (QED) is 0.619. The first-order chi connectivity index (χ1) is 6.59. The number of thiocarbonyl (C=S) groups is 1. The van der Waals surface area contributed by atoms with Crippen molar-refractivity contribution in [1.82, 2.24) is 0 Å². The van der Waals surface area contributed by atoms with Crippen LogP contribution in [0.15, 0.2) is 23.2 Å². The van der Waals surface area contributed by atoms with Gasteiger partial charge in [-0.25, -0.2) is 9.38 Å². The van der Waals surface area contributed by atoms with Crippen LogP contribution in [0.25, 0.3) is 0 Å². The second kappa shape index (κ2) is 3.41. The first kappa shape index (κ1) is 9.74. The molecule has 0 saturated heterocycles. The molecule has 1 heterocycles. The van der Waals surface area contributed by atoms with E-state index in [4.69, 9.17) is 23.8 Å². The van der Waals surface area contributed by atoms with Gasteiger partial charge in [0.05, 0.1) is 5.69 Å². The van der Waals surface area contributed by atoms with E-state index in [1.54, 1.807) is 6.07 Å². The molecular weight excluding hydrogens is 221 g/mol. The van der Waals surface area contributed by atoms with Crippen LogP contribution in [-0.4, -0.2) is 10.0 Å². The zero-order valence-electron chi connectivity index (χ0n) is 7.42. The number of halogens is 2. The molecule has 0 spiro atoms. The Morgan fingerprint density at radius 3 is 2.93 bits per heavy atom. The molecule has 1 atom stereocenters. The average molecular weight is 228 g/mol. The predicted molar refractivity (Wildman–Crippen MR) is 60.2 cm³/mol. The van der Waals surface area contributed by atoms with Crippen LogP contribution in [-0.2, 0) is 0 Å². The molecule has 0 fully saturated rings. The highest BCUT2D eigenvalue weighted by atomic mass is 35.5. The SMILES string of the molecule is CC1C(=S)c2cc(F)ccc2N=C1Cl. The molecule has 1 aromatic carbocycles. The minimum absolute atomic E-state index is 0.0963. The number of fused-ring (bicyclic) bond motifs is 1. The smallest absolute Gasteiger partial charge is 0.124 e. The Morgan fingerprint density at radius 2 is 2.21 bits per heavy atom. The third-order valence-electron chi connectivity index (χ3n) is 2.20. The van der Waals surface area contributed by atoms with Crippen molar-refractivity contribution in [2.75, 3.05) is 0 Å². The maximum Gasteiger partial charge on any atom is 0.124 e. The summed E-state index contributed by atoms with van der Waals surface area (Å²) in [6, 6.07) is 4.34. The van der Waals surface area contributed by atoms with Gasteiger partial charge >= 0.3 is 0 Å². The van der Waals surface area contributed by atoms with Gasteiger partial charge in [-0.15, -0.1) is 0 Å². The number of aliphatic imine (C=N–C) groups is 1. The lowest BCUT2D eigenvalue weighted by Crippen LogP contribution is -2.20. The van der Waals surface area contributed by atoms with E-state index in [0.29, 0.717) is 21.3 Å². The maximum atomic E-state index is 13.0. The Labute approximate surface area is 91.6 Å². The van der Waals surface area contributed by atoms with Crippen LogP contribution in [0.1, 0.15) is 12.5 Å². The fourth-order valence-electron chi connectivity index (χ4n) is 1.36. The minimum Gasteiger partial charge on any atom is -0.240 e. The van der Waals surface area contributed by atoms with Crippen LogP contribution in [0.3, 0.4) is 0 Å². The molecule has 1 aliphatic heterocycles. The largest absolute Gasteiger partial charge is 0.240 e. The molecule has 0 aliphatic carbocycles. The van der Waals surface area contributed by atoms with E-state index in [9.17, 15) is 4.39 Å². The van der Waals surface area contributed by atoms with Crippen molar-refractivity contribution in [3.8, 4) is 0 Å². The summed E-state index contributed by atoms with van der Waals surface area (Å²) < 4.78 is 13.0. The number of hydrogen-bond donors (Lipinski definition) is 0. The number of rotatable bonds is 0. The fraction of sp³-hybridized carbons (Fsp3) is 0.200. The van der Waals surface area contributed by atoms with E-state index in [1.165, 1.54) is 12.1 Å². The van der Waals surface area contributed by atoms with Crippen molar-refractivity contribution >= 4 is 39.5 Å². The van der Waals surface area contributed by atoms with Crippen LogP contribution in [0, 0.1) is 11.7 Å². The first-order valence-corrected chi connectivity index (χ1v) is 4.96. The Bertz CT molecular complexity index is 442. The predicted octanol–water partition coefficient (Wildman–Crippen LogP) is 3.46. The highest BCUT2D eigenvalue weighted by Crippen LogP contribution is 2.30. The number of benzene rings is 1. The van der Waals surface area contributed by atoms with Gasteiger partial charge in [-0.2, -0.15) is 0 Å². The Hall–Kier alpha value is -0.800. The molecule has 2 rings (SSSR count). The van der Waals surface area contributed by atoms with Crippen molar-refractivity contribution in [3.05, 3.63) is 29.6 Å². The van der Waals surface area contributed by atoms with Crippen molar-refractivity contribution in [1.29, 1.82) is 0 Å². The van der Waals surface area contributed by atoms with E-state index in [0.717, 1.165) is 0 Å². The molecule has 1 nitrogen and oxygen atoms in total. The summed E-state index contributed by atoms with van der Waals surface area (Å²) in [5.74, 6) is -0.396. The van der Waals surface area contributed by atoms with Gasteiger partial charge in [-0.3, -0.25) is 0 Å². The van der Waals surface area contributed by atoms with Crippen LogP contribution in [0.2, 0.25) is 0 Å². The van der Waals surface area contributed by atoms with Crippen LogP contribution >= 0.6 is 23.8 Å². The zero-order chi connectivity index (χ0) is 10.3. The lowest BCUT2D eigenvalue weighted by atomic mass is 9.97. The fourth-order valence-corrected chi connectivity index (χ4v) is 1.90. The third-order valence-corrected chi connectivity index (χ3v) is 3.19. The van der Waals surface area contributed by atoms with Gasteiger partial charge in [0.2, 0.25) is 0 Å². The summed E-state index contributed by atoms with van der Waals surface area (Å²) in [5.41, 5.74) is 1.33. The van der Waals surface area contributed by atoms with E-state index < -0.39 is 0 Å². The molecular formula is C10H7ClFNS. The zero-order valence-corrected chi connectivity index (χ0v) is 8.99. The molecule has 0 N–H and O–H groups in total. The summed E-state index contributed by atoms with van der Waals surface area (Å²) in [4.78, 5) is 4.80. The van der Waals surface area contributed by atoms with Crippen molar-refractivity contribution in [2.24, 2.45) is 10.9 Å². The number of nitrogens with zero attached hydrogens (tertiary/aromatic N) is 1. The van der Waals surface area contributed by atoms with Gasteiger partial charge < -0.3 is 0 Å². The molecule has 0 radical (unpaired) electrons. The molecule has 0 saturated carbocycles. The molecule has 1 unspecified atom stereocenters. The first-order valence-electron chi connectivity index (χ1n) is 4.17. The summed E-state index contributed by atoms with van der Waals surface area (Å²) in [5, 5.41) is 0.467. The van der Waals surface area contributed by atoms with E-state index in [2.05, 4.69) is 4.99 Å². The van der Waals surface area contributed by atoms with E-state index in [1.807, 2.05) is 6.92 Å². The molecule has 1 aliphatic rings. The molecule has 0 aromatic heterocycles. The van der Waals surface area contributed by atoms with Gasteiger partial charge in [-0.1, -0.05) is 30.7 Å². The lowest BCUT2D eigenvalue weighted by Gasteiger charge is -2.19. The van der Waals surface area contributed by atoms with Crippen LogP contribution < -0.4 is 0 Å². The highest BCUT2D eigenvalue weighted by molar-refractivity contribution is 7.81. The van der Waals surface area contributed by atoms with Gasteiger partial charge in [0.15, 0.2) is 0 Å². The molecule has 1 aromatic rings. The normalized spacial score (nSPS) is 20.4.